The molecule has 0 spiro atoms. The summed E-state index contributed by atoms with van der Waals surface area (Å²) in [6.07, 6.45) is 4.05. The molecule has 0 aliphatic heterocycles. The van der Waals surface area contributed by atoms with Crippen molar-refractivity contribution in [1.82, 2.24) is 9.38 Å². The molecule has 0 aliphatic carbocycles. The van der Waals surface area contributed by atoms with Crippen molar-refractivity contribution in [1.29, 1.82) is 0 Å². The molecule has 0 atom stereocenters. The van der Waals surface area contributed by atoms with Gasteiger partial charge in [0.25, 0.3) is 0 Å². The monoisotopic (exact) mass is 189 g/mol. The summed E-state index contributed by atoms with van der Waals surface area (Å²) in [6, 6.07) is 4.06. The molecular formula is C11H15N3. The summed E-state index contributed by atoms with van der Waals surface area (Å²) in [5, 5.41) is 0. The lowest BCUT2D eigenvalue weighted by Gasteiger charge is -1.98. The molecule has 0 fully saturated rings. The number of fused-ring (bicyclic) bond motifs is 1. The van der Waals surface area contributed by atoms with Crippen molar-refractivity contribution in [2.24, 2.45) is 0 Å². The van der Waals surface area contributed by atoms with Crippen LogP contribution in [0.15, 0.2) is 18.3 Å². The van der Waals surface area contributed by atoms with E-state index in [2.05, 4.69) is 24.9 Å². The third-order valence-electron chi connectivity index (χ3n) is 2.37. The van der Waals surface area contributed by atoms with E-state index in [0.29, 0.717) is 0 Å². The van der Waals surface area contributed by atoms with Crippen LogP contribution in [-0.2, 0) is 6.42 Å². The molecule has 2 N–H and O–H groups in total. The largest absolute Gasteiger partial charge is 0.383 e. The molecule has 74 valence electrons. The normalized spacial score (nSPS) is 11.0. The number of nitrogen functional groups attached to an aromatic ring is 1. The summed E-state index contributed by atoms with van der Waals surface area (Å²) in [6.45, 7) is 4.19. The molecule has 0 bridgehead atoms. The highest BCUT2D eigenvalue weighted by atomic mass is 15.1. The third-order valence-corrected chi connectivity index (χ3v) is 2.37. The van der Waals surface area contributed by atoms with Gasteiger partial charge in [-0.05, 0) is 25.0 Å². The van der Waals surface area contributed by atoms with Gasteiger partial charge in [-0.15, -0.1) is 0 Å². The van der Waals surface area contributed by atoms with Crippen LogP contribution in [0.5, 0.6) is 0 Å². The maximum atomic E-state index is 5.99. The highest BCUT2D eigenvalue weighted by molar-refractivity contribution is 5.53. The summed E-state index contributed by atoms with van der Waals surface area (Å²) in [4.78, 5) is 4.48. The van der Waals surface area contributed by atoms with Gasteiger partial charge in [0.15, 0.2) is 0 Å². The lowest BCUT2D eigenvalue weighted by Crippen LogP contribution is -1.96. The molecule has 14 heavy (non-hydrogen) atoms. The minimum Gasteiger partial charge on any atom is -0.383 e. The van der Waals surface area contributed by atoms with E-state index in [9.17, 15) is 0 Å². The topological polar surface area (TPSA) is 43.3 Å². The van der Waals surface area contributed by atoms with Crippen molar-refractivity contribution in [2.75, 3.05) is 5.73 Å². The van der Waals surface area contributed by atoms with Gasteiger partial charge in [-0.3, -0.25) is 4.40 Å². The lowest BCUT2D eigenvalue weighted by molar-refractivity contribution is 0.897. The number of nitrogens with two attached hydrogens (primary N) is 1. The van der Waals surface area contributed by atoms with Gasteiger partial charge in [-0.2, -0.15) is 0 Å². The second kappa shape index (κ2) is 3.33. The first-order chi connectivity index (χ1) is 6.72. The molecule has 2 rings (SSSR count). The van der Waals surface area contributed by atoms with E-state index in [1.165, 1.54) is 5.56 Å². The third kappa shape index (κ3) is 1.35. The summed E-state index contributed by atoms with van der Waals surface area (Å²) in [5.41, 5.74) is 9.15. The summed E-state index contributed by atoms with van der Waals surface area (Å²) < 4.78 is 1.96. The molecule has 3 nitrogen and oxygen atoms in total. The van der Waals surface area contributed by atoms with E-state index in [0.717, 1.165) is 30.0 Å². The fourth-order valence-corrected chi connectivity index (χ4v) is 1.64. The molecule has 0 aromatic carbocycles. The van der Waals surface area contributed by atoms with Crippen LogP contribution >= 0.6 is 0 Å². The van der Waals surface area contributed by atoms with E-state index < -0.39 is 0 Å². The molecule has 0 unspecified atom stereocenters. The lowest BCUT2D eigenvalue weighted by atomic mass is 10.2. The number of rotatable bonds is 2. The van der Waals surface area contributed by atoms with Crippen molar-refractivity contribution in [3.05, 3.63) is 29.6 Å². The molecule has 0 aliphatic rings. The van der Waals surface area contributed by atoms with Crippen LogP contribution in [0.4, 0.5) is 5.82 Å². The van der Waals surface area contributed by atoms with Gasteiger partial charge in [-0.1, -0.05) is 19.4 Å². The smallest absolute Gasteiger partial charge is 0.138 e. The Morgan fingerprint density at radius 1 is 1.43 bits per heavy atom. The number of pyridine rings is 1. The highest BCUT2D eigenvalue weighted by Gasteiger charge is 2.07. The van der Waals surface area contributed by atoms with E-state index >= 15 is 0 Å². The number of imidazole rings is 1. The highest BCUT2D eigenvalue weighted by Crippen LogP contribution is 2.16. The fraction of sp³-hybridized carbons (Fsp3) is 0.364. The van der Waals surface area contributed by atoms with Crippen LogP contribution in [0.3, 0.4) is 0 Å². The van der Waals surface area contributed by atoms with Crippen LogP contribution in [0.1, 0.15) is 24.6 Å². The average molecular weight is 189 g/mol. The number of aryl methyl sites for hydroxylation is 2. The number of hydrogen-bond donors (Lipinski definition) is 1. The van der Waals surface area contributed by atoms with Crippen LogP contribution in [0.2, 0.25) is 0 Å². The van der Waals surface area contributed by atoms with Crippen molar-refractivity contribution in [3.63, 3.8) is 0 Å². The zero-order chi connectivity index (χ0) is 10.1. The zero-order valence-corrected chi connectivity index (χ0v) is 8.62. The van der Waals surface area contributed by atoms with Crippen LogP contribution in [-0.4, -0.2) is 9.38 Å². The Kier molecular flexibility index (Phi) is 2.15. The first-order valence-electron chi connectivity index (χ1n) is 4.95. The molecule has 0 radical (unpaired) electrons. The van der Waals surface area contributed by atoms with Gasteiger partial charge in [0.05, 0.1) is 5.69 Å². The standard InChI is InChI=1S/C11H15N3/c1-3-4-9-11(12)14-7-8(2)5-6-10(14)13-9/h5-7H,3-4,12H2,1-2H3. The van der Waals surface area contributed by atoms with Crippen LogP contribution in [0.25, 0.3) is 5.65 Å². The Labute approximate surface area is 83.6 Å². The fourth-order valence-electron chi connectivity index (χ4n) is 1.64. The van der Waals surface area contributed by atoms with E-state index in [-0.39, 0.29) is 0 Å². The van der Waals surface area contributed by atoms with Gasteiger partial charge >= 0.3 is 0 Å². The second-order valence-electron chi connectivity index (χ2n) is 3.63. The summed E-state index contributed by atoms with van der Waals surface area (Å²) >= 11 is 0. The van der Waals surface area contributed by atoms with Gasteiger partial charge < -0.3 is 5.73 Å². The van der Waals surface area contributed by atoms with Gasteiger partial charge in [-0.25, -0.2) is 4.98 Å². The first kappa shape index (κ1) is 9.06. The Morgan fingerprint density at radius 3 is 2.93 bits per heavy atom. The minimum absolute atomic E-state index is 0.783. The SMILES string of the molecule is CCCc1nc2ccc(C)cn2c1N. The molecule has 0 amide bonds. The minimum atomic E-state index is 0.783. The maximum absolute atomic E-state index is 5.99. The first-order valence-corrected chi connectivity index (χ1v) is 4.95. The molecule has 2 aromatic rings. The number of nitrogens with zero attached hydrogens (tertiary/aromatic N) is 2. The molecule has 2 heterocycles. The van der Waals surface area contributed by atoms with Crippen molar-refractivity contribution < 1.29 is 0 Å². The summed E-state index contributed by atoms with van der Waals surface area (Å²) in [5.74, 6) is 0.783. The molecule has 0 saturated carbocycles. The Morgan fingerprint density at radius 2 is 2.21 bits per heavy atom. The number of anilines is 1. The van der Waals surface area contributed by atoms with Gasteiger partial charge in [0, 0.05) is 6.20 Å². The van der Waals surface area contributed by atoms with Gasteiger partial charge in [0.1, 0.15) is 11.5 Å². The van der Waals surface area contributed by atoms with E-state index in [1.54, 1.807) is 0 Å². The number of hydrogen-bond acceptors (Lipinski definition) is 2. The average Bonchev–Trinajstić information content (AvgIpc) is 2.46. The Hall–Kier alpha value is -1.51. The Bertz CT molecular complexity index is 457. The predicted octanol–water partition coefficient (Wildman–Crippen LogP) is 2.18. The summed E-state index contributed by atoms with van der Waals surface area (Å²) in [7, 11) is 0. The second-order valence-corrected chi connectivity index (χ2v) is 3.63. The zero-order valence-electron chi connectivity index (χ0n) is 8.62. The molecular weight excluding hydrogens is 174 g/mol. The van der Waals surface area contributed by atoms with E-state index in [1.807, 2.05) is 16.7 Å². The van der Waals surface area contributed by atoms with Crippen molar-refractivity contribution in [3.8, 4) is 0 Å². The molecule has 2 aromatic heterocycles. The van der Waals surface area contributed by atoms with Crippen molar-refractivity contribution >= 4 is 11.5 Å². The molecule has 0 saturated heterocycles. The van der Waals surface area contributed by atoms with Crippen molar-refractivity contribution in [2.45, 2.75) is 26.7 Å². The molecule has 3 heteroatoms. The number of aromatic nitrogens is 2. The predicted molar refractivity (Wildman–Crippen MR) is 58.3 cm³/mol. The maximum Gasteiger partial charge on any atom is 0.138 e. The van der Waals surface area contributed by atoms with Gasteiger partial charge in [0.2, 0.25) is 0 Å². The van der Waals surface area contributed by atoms with Crippen LogP contribution < -0.4 is 5.73 Å². The quantitative estimate of drug-likeness (QED) is 0.786. The van der Waals surface area contributed by atoms with Crippen LogP contribution in [0, 0.1) is 6.92 Å². The Balaban J connectivity index is 2.62. The van der Waals surface area contributed by atoms with E-state index in [4.69, 9.17) is 5.73 Å².